The van der Waals surface area contributed by atoms with E-state index in [-0.39, 0.29) is 11.7 Å². The molecule has 0 radical (unpaired) electrons. The van der Waals surface area contributed by atoms with E-state index < -0.39 is 0 Å². The number of hydrogen-bond donors (Lipinski definition) is 0. The molecule has 7 heteroatoms. The standard InChI is InChI=1S/C25H24FN5O/c1-2-23-28-21-7-5-13-27-24(21)31(23)19-11-9-18(10-12-19)25(32)30-16-14-29(15-17-30)22-8-4-3-6-20(22)26/h3-13H,2,14-17H2,1H3. The third-order valence-electron chi connectivity index (χ3n) is 5.93. The molecular weight excluding hydrogens is 405 g/mol. The fourth-order valence-electron chi connectivity index (χ4n) is 4.26. The maximum atomic E-state index is 14.1. The van der Waals surface area contributed by atoms with Crippen molar-refractivity contribution in [3.63, 3.8) is 0 Å². The van der Waals surface area contributed by atoms with Crippen LogP contribution in [-0.4, -0.2) is 51.5 Å². The third kappa shape index (κ3) is 3.60. The first-order chi connectivity index (χ1) is 15.7. The molecule has 0 N–H and O–H groups in total. The molecule has 162 valence electrons. The number of piperazine rings is 1. The van der Waals surface area contributed by atoms with E-state index >= 15 is 0 Å². The minimum atomic E-state index is -0.226. The van der Waals surface area contributed by atoms with E-state index in [1.807, 2.05) is 56.8 Å². The Kier molecular flexibility index (Phi) is 5.31. The van der Waals surface area contributed by atoms with Crippen LogP contribution in [0.15, 0.2) is 66.9 Å². The third-order valence-corrected chi connectivity index (χ3v) is 5.93. The predicted octanol–water partition coefficient (Wildman–Crippen LogP) is 4.08. The fourth-order valence-corrected chi connectivity index (χ4v) is 4.26. The van der Waals surface area contributed by atoms with Gasteiger partial charge in [-0.3, -0.25) is 9.36 Å². The van der Waals surface area contributed by atoms with Crippen LogP contribution in [0.2, 0.25) is 0 Å². The largest absolute Gasteiger partial charge is 0.366 e. The van der Waals surface area contributed by atoms with E-state index in [4.69, 9.17) is 0 Å². The van der Waals surface area contributed by atoms with Gasteiger partial charge in [-0.25, -0.2) is 14.4 Å². The topological polar surface area (TPSA) is 54.3 Å². The van der Waals surface area contributed by atoms with Gasteiger partial charge in [-0.05, 0) is 48.5 Å². The van der Waals surface area contributed by atoms with E-state index in [0.29, 0.717) is 37.4 Å². The lowest BCUT2D eigenvalue weighted by Gasteiger charge is -2.36. The first kappa shape index (κ1) is 20.2. The van der Waals surface area contributed by atoms with Crippen LogP contribution in [0.5, 0.6) is 0 Å². The van der Waals surface area contributed by atoms with Crippen molar-refractivity contribution in [2.75, 3.05) is 31.1 Å². The first-order valence-corrected chi connectivity index (χ1v) is 10.9. The number of nitrogens with zero attached hydrogens (tertiary/aromatic N) is 5. The van der Waals surface area contributed by atoms with Crippen LogP contribution in [0.4, 0.5) is 10.1 Å². The van der Waals surface area contributed by atoms with Gasteiger partial charge in [0.1, 0.15) is 17.2 Å². The molecule has 3 heterocycles. The number of benzene rings is 2. The highest BCUT2D eigenvalue weighted by molar-refractivity contribution is 5.94. The quantitative estimate of drug-likeness (QED) is 0.491. The van der Waals surface area contributed by atoms with Crippen LogP contribution in [0.3, 0.4) is 0 Å². The Bertz CT molecular complexity index is 1260. The van der Waals surface area contributed by atoms with Crippen LogP contribution >= 0.6 is 0 Å². The molecule has 2 aromatic carbocycles. The molecule has 0 spiro atoms. The lowest BCUT2D eigenvalue weighted by atomic mass is 10.1. The minimum absolute atomic E-state index is 0.00550. The lowest BCUT2D eigenvalue weighted by molar-refractivity contribution is 0.0746. The average Bonchev–Trinajstić information content (AvgIpc) is 3.23. The molecule has 2 aromatic heterocycles. The average molecular weight is 429 g/mol. The van der Waals surface area contributed by atoms with Gasteiger partial charge in [0.2, 0.25) is 0 Å². The summed E-state index contributed by atoms with van der Waals surface area (Å²) >= 11 is 0. The van der Waals surface area contributed by atoms with Crippen LogP contribution in [0, 0.1) is 5.82 Å². The Morgan fingerprint density at radius 1 is 0.969 bits per heavy atom. The Hall–Kier alpha value is -3.74. The number of aryl methyl sites for hydroxylation is 1. The van der Waals surface area contributed by atoms with Crippen molar-refractivity contribution in [3.8, 4) is 5.69 Å². The molecule has 0 bridgehead atoms. The highest BCUT2D eigenvalue weighted by Crippen LogP contribution is 2.23. The normalized spacial score (nSPS) is 14.2. The summed E-state index contributed by atoms with van der Waals surface area (Å²) in [7, 11) is 0. The second-order valence-corrected chi connectivity index (χ2v) is 7.84. The van der Waals surface area contributed by atoms with Gasteiger partial charge < -0.3 is 9.80 Å². The molecule has 1 aliphatic heterocycles. The Balaban J connectivity index is 1.32. The Labute approximate surface area is 185 Å². The van der Waals surface area contributed by atoms with Gasteiger partial charge in [0.05, 0.1) is 5.69 Å². The Morgan fingerprint density at radius 3 is 2.44 bits per heavy atom. The van der Waals surface area contributed by atoms with E-state index in [0.717, 1.165) is 29.1 Å². The van der Waals surface area contributed by atoms with Crippen molar-refractivity contribution in [2.45, 2.75) is 13.3 Å². The molecule has 0 atom stereocenters. The summed E-state index contributed by atoms with van der Waals surface area (Å²) in [6.07, 6.45) is 2.54. The molecule has 1 amide bonds. The zero-order valence-corrected chi connectivity index (χ0v) is 17.9. The van der Waals surface area contributed by atoms with E-state index in [1.54, 1.807) is 18.3 Å². The molecule has 1 fully saturated rings. The van der Waals surface area contributed by atoms with Crippen LogP contribution < -0.4 is 4.90 Å². The highest BCUT2D eigenvalue weighted by Gasteiger charge is 2.23. The number of pyridine rings is 1. The van der Waals surface area contributed by atoms with Crippen molar-refractivity contribution in [1.29, 1.82) is 0 Å². The van der Waals surface area contributed by atoms with E-state index in [2.05, 4.69) is 16.9 Å². The van der Waals surface area contributed by atoms with Crippen molar-refractivity contribution in [3.05, 3.63) is 84.1 Å². The summed E-state index contributed by atoms with van der Waals surface area (Å²) in [5.74, 6) is 0.701. The van der Waals surface area contributed by atoms with Crippen LogP contribution in [-0.2, 0) is 6.42 Å². The molecule has 1 aliphatic rings. The van der Waals surface area contributed by atoms with Gasteiger partial charge in [-0.2, -0.15) is 0 Å². The second kappa shape index (κ2) is 8.42. The molecule has 0 aliphatic carbocycles. The zero-order valence-electron chi connectivity index (χ0n) is 17.9. The van der Waals surface area contributed by atoms with Gasteiger partial charge in [0.25, 0.3) is 5.91 Å². The highest BCUT2D eigenvalue weighted by atomic mass is 19.1. The minimum Gasteiger partial charge on any atom is -0.366 e. The summed E-state index contributed by atoms with van der Waals surface area (Å²) in [5.41, 5.74) is 3.84. The number of amides is 1. The number of hydrogen-bond acceptors (Lipinski definition) is 4. The zero-order chi connectivity index (χ0) is 22.1. The number of fused-ring (bicyclic) bond motifs is 1. The SMILES string of the molecule is CCc1nc2cccnc2n1-c1ccc(C(=O)N2CCN(c3ccccc3F)CC2)cc1. The number of anilines is 1. The molecule has 32 heavy (non-hydrogen) atoms. The second-order valence-electron chi connectivity index (χ2n) is 7.84. The van der Waals surface area contributed by atoms with Gasteiger partial charge in [0, 0.05) is 50.0 Å². The maximum Gasteiger partial charge on any atom is 0.253 e. The summed E-state index contributed by atoms with van der Waals surface area (Å²) in [6.45, 7) is 4.40. The number of imidazole rings is 1. The number of para-hydroxylation sites is 1. The molecule has 0 unspecified atom stereocenters. The van der Waals surface area contributed by atoms with Crippen LogP contribution in [0.25, 0.3) is 16.9 Å². The molecule has 0 saturated carbocycles. The van der Waals surface area contributed by atoms with E-state index in [9.17, 15) is 9.18 Å². The molecule has 4 aromatic rings. The van der Waals surface area contributed by atoms with Crippen LogP contribution in [0.1, 0.15) is 23.1 Å². The number of halogens is 1. The number of carbonyl (C=O) groups excluding carboxylic acids is 1. The van der Waals surface area contributed by atoms with E-state index in [1.165, 1.54) is 6.07 Å². The summed E-state index contributed by atoms with van der Waals surface area (Å²) in [6, 6.07) is 18.2. The Morgan fingerprint density at radius 2 is 1.72 bits per heavy atom. The maximum absolute atomic E-state index is 14.1. The number of carbonyl (C=O) groups is 1. The fraction of sp³-hybridized carbons (Fsp3) is 0.240. The van der Waals surface area contributed by atoms with Gasteiger partial charge >= 0.3 is 0 Å². The van der Waals surface area contributed by atoms with Gasteiger partial charge in [0.15, 0.2) is 5.65 Å². The molecular formula is C25H24FN5O. The van der Waals surface area contributed by atoms with Crippen molar-refractivity contribution >= 4 is 22.8 Å². The van der Waals surface area contributed by atoms with Crippen molar-refractivity contribution in [1.82, 2.24) is 19.4 Å². The number of aromatic nitrogens is 3. The molecule has 5 rings (SSSR count). The monoisotopic (exact) mass is 429 g/mol. The summed E-state index contributed by atoms with van der Waals surface area (Å²) < 4.78 is 16.1. The molecule has 1 saturated heterocycles. The lowest BCUT2D eigenvalue weighted by Crippen LogP contribution is -2.49. The van der Waals surface area contributed by atoms with Gasteiger partial charge in [-0.1, -0.05) is 19.1 Å². The van der Waals surface area contributed by atoms with Gasteiger partial charge in [-0.15, -0.1) is 0 Å². The summed E-state index contributed by atoms with van der Waals surface area (Å²) in [5, 5.41) is 0. The molecule has 6 nitrogen and oxygen atoms in total. The smallest absolute Gasteiger partial charge is 0.253 e. The van der Waals surface area contributed by atoms with Crippen molar-refractivity contribution < 1.29 is 9.18 Å². The first-order valence-electron chi connectivity index (χ1n) is 10.9. The summed E-state index contributed by atoms with van der Waals surface area (Å²) in [4.78, 5) is 26.0. The van der Waals surface area contributed by atoms with Crippen molar-refractivity contribution in [2.24, 2.45) is 0 Å². The number of rotatable bonds is 4. The predicted molar refractivity (Wildman–Crippen MR) is 123 cm³/mol.